The molecule has 0 radical (unpaired) electrons. The first kappa shape index (κ1) is 32.2. The number of furan rings is 1. The Bertz CT molecular complexity index is 3820. The van der Waals surface area contributed by atoms with Crippen LogP contribution in [-0.4, -0.2) is 9.13 Å². The average Bonchev–Trinajstić information content (AvgIpc) is 3.95. The van der Waals surface area contributed by atoms with Crippen molar-refractivity contribution in [2.75, 3.05) is 0 Å². The highest BCUT2D eigenvalue weighted by Crippen LogP contribution is 2.44. The van der Waals surface area contributed by atoms with E-state index in [2.05, 4.69) is 209 Å². The molecule has 3 heteroatoms. The fourth-order valence-corrected chi connectivity index (χ4v) is 9.85. The third kappa shape index (κ3) is 4.70. The fourth-order valence-electron chi connectivity index (χ4n) is 9.85. The molecule has 0 aliphatic rings. The summed E-state index contributed by atoms with van der Waals surface area (Å²) < 4.78 is 11.6. The van der Waals surface area contributed by atoms with E-state index in [0.717, 1.165) is 50.0 Å². The lowest BCUT2D eigenvalue weighted by Gasteiger charge is -2.13. The van der Waals surface area contributed by atoms with E-state index in [-0.39, 0.29) is 0 Å². The summed E-state index contributed by atoms with van der Waals surface area (Å²) in [5.74, 6) is 0. The second kappa shape index (κ2) is 12.3. The first-order valence-corrected chi connectivity index (χ1v) is 20.3. The lowest BCUT2D eigenvalue weighted by molar-refractivity contribution is 0.670. The van der Waals surface area contributed by atoms with Gasteiger partial charge in [0.05, 0.1) is 22.1 Å². The van der Waals surface area contributed by atoms with Crippen molar-refractivity contribution in [2.45, 2.75) is 0 Å². The topological polar surface area (TPSA) is 23.0 Å². The van der Waals surface area contributed by atoms with Crippen LogP contribution in [0.5, 0.6) is 0 Å². The van der Waals surface area contributed by atoms with Gasteiger partial charge < -0.3 is 13.6 Å². The molecular weight excluding hydrogens is 717 g/mol. The number of fused-ring (bicyclic) bond motifs is 12. The molecule has 0 unspecified atom stereocenters. The Balaban J connectivity index is 1.13. The third-order valence-electron chi connectivity index (χ3n) is 12.5. The molecule has 0 N–H and O–H groups in total. The van der Waals surface area contributed by atoms with Crippen molar-refractivity contribution in [3.63, 3.8) is 0 Å². The number of rotatable bonds is 4. The monoisotopic (exact) mass is 750 g/mol. The summed E-state index contributed by atoms with van der Waals surface area (Å²) in [6.07, 6.45) is 0. The van der Waals surface area contributed by atoms with Crippen LogP contribution in [-0.2, 0) is 0 Å². The van der Waals surface area contributed by atoms with Crippen LogP contribution in [0.2, 0.25) is 0 Å². The zero-order chi connectivity index (χ0) is 38.6. The minimum absolute atomic E-state index is 0.891. The Hall–Kier alpha value is -7.88. The Morgan fingerprint density at radius 1 is 0.305 bits per heavy atom. The molecule has 3 heterocycles. The Morgan fingerprint density at radius 2 is 0.949 bits per heavy atom. The molecule has 0 amide bonds. The summed E-state index contributed by atoms with van der Waals surface area (Å²) in [5, 5.41) is 12.2. The molecule has 59 heavy (non-hydrogen) atoms. The standard InChI is InChI=1S/C56H34N2O/c1-2-13-36(14-3-1)46-31-40(32-48-45-21-9-11-24-54(45)59-56(46)48)58-51-30-27-37-16-5-7-19-43(37)55(51)49-33-47-44-20-8-10-23-50(44)57(52(47)34-53(49)58)39-28-25-38(26-29-39)42-22-12-17-35-15-4-6-18-41(35)42/h1-34H. The third-order valence-corrected chi connectivity index (χ3v) is 12.5. The van der Waals surface area contributed by atoms with Gasteiger partial charge in [-0.15, -0.1) is 0 Å². The highest BCUT2D eigenvalue weighted by Gasteiger charge is 2.22. The summed E-state index contributed by atoms with van der Waals surface area (Å²) in [6, 6.07) is 75.1. The molecule has 0 fully saturated rings. The van der Waals surface area contributed by atoms with Crippen LogP contribution in [0.1, 0.15) is 0 Å². The van der Waals surface area contributed by atoms with Gasteiger partial charge in [0.1, 0.15) is 11.2 Å². The van der Waals surface area contributed by atoms with Gasteiger partial charge in [-0.3, -0.25) is 0 Å². The fraction of sp³-hybridized carbons (Fsp3) is 0. The van der Waals surface area contributed by atoms with Crippen LogP contribution < -0.4 is 0 Å². The molecule has 13 rings (SSSR count). The number of para-hydroxylation sites is 2. The largest absolute Gasteiger partial charge is 0.455 e. The molecule has 0 saturated carbocycles. The molecule has 10 aromatic carbocycles. The molecule has 0 saturated heterocycles. The molecule has 0 spiro atoms. The van der Waals surface area contributed by atoms with Crippen LogP contribution in [0.25, 0.3) is 121 Å². The van der Waals surface area contributed by atoms with Gasteiger partial charge in [-0.2, -0.15) is 0 Å². The van der Waals surface area contributed by atoms with Gasteiger partial charge in [-0.05, 0) is 92.8 Å². The van der Waals surface area contributed by atoms with E-state index in [1.165, 1.54) is 70.8 Å². The van der Waals surface area contributed by atoms with Crippen molar-refractivity contribution >= 4 is 87.1 Å². The zero-order valence-corrected chi connectivity index (χ0v) is 31.9. The predicted molar refractivity (Wildman–Crippen MR) is 248 cm³/mol. The van der Waals surface area contributed by atoms with Gasteiger partial charge in [-0.25, -0.2) is 0 Å². The van der Waals surface area contributed by atoms with Crippen molar-refractivity contribution in [1.29, 1.82) is 0 Å². The number of benzene rings is 10. The van der Waals surface area contributed by atoms with E-state index in [0.29, 0.717) is 0 Å². The van der Waals surface area contributed by atoms with Crippen LogP contribution in [0.3, 0.4) is 0 Å². The van der Waals surface area contributed by atoms with Crippen LogP contribution in [0.15, 0.2) is 211 Å². The van der Waals surface area contributed by atoms with Crippen molar-refractivity contribution in [3.05, 3.63) is 206 Å². The number of aromatic nitrogens is 2. The van der Waals surface area contributed by atoms with Gasteiger partial charge in [0.25, 0.3) is 0 Å². The van der Waals surface area contributed by atoms with Crippen LogP contribution >= 0.6 is 0 Å². The van der Waals surface area contributed by atoms with Crippen LogP contribution in [0, 0.1) is 0 Å². The maximum Gasteiger partial charge on any atom is 0.143 e. The van der Waals surface area contributed by atoms with E-state index in [9.17, 15) is 0 Å². The van der Waals surface area contributed by atoms with Crippen molar-refractivity contribution in [2.24, 2.45) is 0 Å². The summed E-state index contributed by atoms with van der Waals surface area (Å²) in [4.78, 5) is 0. The minimum atomic E-state index is 0.891. The van der Waals surface area contributed by atoms with E-state index < -0.39 is 0 Å². The molecule has 3 nitrogen and oxygen atoms in total. The van der Waals surface area contributed by atoms with Gasteiger partial charge >= 0.3 is 0 Å². The maximum absolute atomic E-state index is 6.64. The number of hydrogen-bond acceptors (Lipinski definition) is 1. The first-order chi connectivity index (χ1) is 29.3. The molecule has 274 valence electrons. The second-order valence-electron chi connectivity index (χ2n) is 15.7. The Kier molecular flexibility index (Phi) is 6.72. The summed E-state index contributed by atoms with van der Waals surface area (Å²) in [7, 11) is 0. The SMILES string of the molecule is c1ccc(-c2cc(-n3c4cc5c(cc4c4c6ccccc6ccc43)c3ccccc3n5-c3ccc(-c4cccc5ccccc45)cc3)cc3c2oc2ccccc23)cc1. The molecular formula is C56H34N2O. The first-order valence-electron chi connectivity index (χ1n) is 20.3. The summed E-state index contributed by atoms with van der Waals surface area (Å²) in [6.45, 7) is 0. The Labute approximate surface area is 339 Å². The van der Waals surface area contributed by atoms with Crippen molar-refractivity contribution in [3.8, 4) is 33.6 Å². The van der Waals surface area contributed by atoms with Gasteiger partial charge in [0, 0.05) is 49.3 Å². The normalized spacial score (nSPS) is 12.1. The molecule has 3 aromatic heterocycles. The zero-order valence-electron chi connectivity index (χ0n) is 31.9. The van der Waals surface area contributed by atoms with Gasteiger partial charge in [0.15, 0.2) is 0 Å². The van der Waals surface area contributed by atoms with E-state index in [1.807, 2.05) is 6.07 Å². The van der Waals surface area contributed by atoms with Crippen molar-refractivity contribution in [1.82, 2.24) is 9.13 Å². The Morgan fingerprint density at radius 3 is 1.80 bits per heavy atom. The summed E-state index contributed by atoms with van der Waals surface area (Å²) in [5.41, 5.74) is 13.4. The van der Waals surface area contributed by atoms with Crippen molar-refractivity contribution < 1.29 is 4.42 Å². The average molecular weight is 751 g/mol. The van der Waals surface area contributed by atoms with E-state index in [1.54, 1.807) is 0 Å². The molecule has 0 bridgehead atoms. The quantitative estimate of drug-likeness (QED) is 0.176. The highest BCUT2D eigenvalue weighted by atomic mass is 16.3. The van der Waals surface area contributed by atoms with E-state index in [4.69, 9.17) is 4.42 Å². The second-order valence-corrected chi connectivity index (χ2v) is 15.7. The molecule has 0 atom stereocenters. The molecule has 13 aromatic rings. The number of hydrogen-bond donors (Lipinski definition) is 0. The molecule has 0 aliphatic carbocycles. The number of nitrogens with zero attached hydrogens (tertiary/aromatic N) is 2. The lowest BCUT2D eigenvalue weighted by atomic mass is 9.98. The van der Waals surface area contributed by atoms with Gasteiger partial charge in [-0.1, -0.05) is 152 Å². The lowest BCUT2D eigenvalue weighted by Crippen LogP contribution is -1.97. The summed E-state index contributed by atoms with van der Waals surface area (Å²) >= 11 is 0. The van der Waals surface area contributed by atoms with E-state index >= 15 is 0 Å². The highest BCUT2D eigenvalue weighted by molar-refractivity contribution is 6.25. The maximum atomic E-state index is 6.64. The smallest absolute Gasteiger partial charge is 0.143 e. The van der Waals surface area contributed by atoms with Gasteiger partial charge in [0.2, 0.25) is 0 Å². The minimum Gasteiger partial charge on any atom is -0.455 e. The molecule has 0 aliphatic heterocycles. The van der Waals surface area contributed by atoms with Crippen LogP contribution in [0.4, 0.5) is 0 Å². The predicted octanol–water partition coefficient (Wildman–Crippen LogP) is 15.4.